The van der Waals surface area contributed by atoms with Crippen LogP contribution in [0.1, 0.15) is 26.2 Å². The summed E-state index contributed by atoms with van der Waals surface area (Å²) in [6.07, 6.45) is 1.62. The van der Waals surface area contributed by atoms with Crippen molar-refractivity contribution in [2.75, 3.05) is 11.5 Å². The Morgan fingerprint density at radius 3 is 2.80 bits per heavy atom. The number of hydrogen-bond donors (Lipinski definition) is 2. The van der Waals surface area contributed by atoms with E-state index in [0.717, 1.165) is 6.42 Å². The molecule has 1 saturated heterocycles. The fraction of sp³-hybridized carbons (Fsp3) is 0.889. The molecule has 0 radical (unpaired) electrons. The minimum Gasteiger partial charge on any atom is -0.352 e. The average Bonchev–Trinajstić information content (AvgIpc) is 1.99. The Bertz CT molecular complexity index is 324. The van der Waals surface area contributed by atoms with Gasteiger partial charge in [-0.1, -0.05) is 0 Å². The van der Waals surface area contributed by atoms with Gasteiger partial charge in [0.25, 0.3) is 0 Å². The van der Waals surface area contributed by atoms with Crippen LogP contribution in [0.5, 0.6) is 0 Å². The summed E-state index contributed by atoms with van der Waals surface area (Å²) in [6.45, 7) is 1.75. The lowest BCUT2D eigenvalue weighted by Crippen LogP contribution is -2.44. The number of carbonyl (C=O) groups is 1. The van der Waals surface area contributed by atoms with Crippen LogP contribution in [0.15, 0.2) is 0 Å². The Morgan fingerprint density at radius 1 is 1.60 bits per heavy atom. The molecule has 1 amide bonds. The molecule has 2 unspecified atom stereocenters. The third-order valence-electron chi connectivity index (χ3n) is 2.34. The number of nitrogens with two attached hydrogens (primary N) is 1. The number of nitrogens with one attached hydrogen (secondary N) is 1. The molecule has 5 nitrogen and oxygen atoms in total. The van der Waals surface area contributed by atoms with Gasteiger partial charge in [0.1, 0.15) is 0 Å². The predicted octanol–water partition coefficient (Wildman–Crippen LogP) is -0.583. The van der Waals surface area contributed by atoms with Crippen molar-refractivity contribution in [3.05, 3.63) is 0 Å². The van der Waals surface area contributed by atoms with Gasteiger partial charge in [-0.25, -0.2) is 8.42 Å². The monoisotopic (exact) mass is 234 g/mol. The van der Waals surface area contributed by atoms with Crippen LogP contribution in [-0.2, 0) is 14.6 Å². The molecule has 2 atom stereocenters. The van der Waals surface area contributed by atoms with Crippen molar-refractivity contribution in [2.24, 2.45) is 5.73 Å². The standard InChI is InChI=1S/C9H18N2O3S/c1-7(10)5-9(12)11-8-3-2-4-15(13,14)6-8/h7-8H,2-6,10H2,1H3,(H,11,12). The molecule has 0 spiro atoms. The lowest BCUT2D eigenvalue weighted by Gasteiger charge is -2.23. The van der Waals surface area contributed by atoms with E-state index in [9.17, 15) is 13.2 Å². The molecule has 0 aromatic carbocycles. The first-order valence-corrected chi connectivity index (χ1v) is 6.96. The fourth-order valence-corrected chi connectivity index (χ4v) is 3.35. The second-order valence-electron chi connectivity index (χ2n) is 4.20. The van der Waals surface area contributed by atoms with Gasteiger partial charge in [-0.2, -0.15) is 0 Å². The van der Waals surface area contributed by atoms with E-state index in [1.54, 1.807) is 6.92 Å². The van der Waals surface area contributed by atoms with E-state index in [-0.39, 0.29) is 35.9 Å². The van der Waals surface area contributed by atoms with Gasteiger partial charge in [0, 0.05) is 18.5 Å². The highest BCUT2D eigenvalue weighted by Gasteiger charge is 2.25. The van der Waals surface area contributed by atoms with Crippen LogP contribution in [0.3, 0.4) is 0 Å². The number of hydrogen-bond acceptors (Lipinski definition) is 4. The highest BCUT2D eigenvalue weighted by molar-refractivity contribution is 7.91. The highest BCUT2D eigenvalue weighted by Crippen LogP contribution is 2.12. The van der Waals surface area contributed by atoms with E-state index >= 15 is 0 Å². The van der Waals surface area contributed by atoms with Crippen molar-refractivity contribution in [3.8, 4) is 0 Å². The second-order valence-corrected chi connectivity index (χ2v) is 6.43. The number of rotatable bonds is 3. The van der Waals surface area contributed by atoms with Crippen molar-refractivity contribution in [1.82, 2.24) is 5.32 Å². The summed E-state index contributed by atoms with van der Waals surface area (Å²) in [6, 6.07) is -0.416. The summed E-state index contributed by atoms with van der Waals surface area (Å²) in [5.41, 5.74) is 5.47. The normalized spacial score (nSPS) is 26.9. The van der Waals surface area contributed by atoms with E-state index in [0.29, 0.717) is 6.42 Å². The molecular weight excluding hydrogens is 216 g/mol. The van der Waals surface area contributed by atoms with E-state index < -0.39 is 9.84 Å². The molecule has 6 heteroatoms. The fourth-order valence-electron chi connectivity index (χ4n) is 1.72. The Hall–Kier alpha value is -0.620. The molecule has 1 heterocycles. The van der Waals surface area contributed by atoms with Gasteiger partial charge in [0.2, 0.25) is 5.91 Å². The summed E-state index contributed by atoms with van der Waals surface area (Å²) in [4.78, 5) is 11.3. The second kappa shape index (κ2) is 4.94. The topological polar surface area (TPSA) is 89.3 Å². The molecule has 0 aromatic rings. The molecule has 3 N–H and O–H groups in total. The molecule has 1 aliphatic rings. The van der Waals surface area contributed by atoms with Crippen molar-refractivity contribution < 1.29 is 13.2 Å². The average molecular weight is 234 g/mol. The Labute approximate surface area is 90.3 Å². The molecule has 15 heavy (non-hydrogen) atoms. The van der Waals surface area contributed by atoms with Crippen molar-refractivity contribution in [1.29, 1.82) is 0 Å². The quantitative estimate of drug-likeness (QED) is 0.683. The van der Waals surface area contributed by atoms with Crippen LogP contribution in [0.25, 0.3) is 0 Å². The van der Waals surface area contributed by atoms with Crippen LogP contribution in [0, 0.1) is 0 Å². The summed E-state index contributed by atoms with van der Waals surface area (Å²) in [5.74, 6) is 0.150. The molecule has 0 aliphatic carbocycles. The highest BCUT2D eigenvalue weighted by atomic mass is 32.2. The van der Waals surface area contributed by atoms with Gasteiger partial charge in [-0.15, -0.1) is 0 Å². The zero-order valence-electron chi connectivity index (χ0n) is 8.90. The Morgan fingerprint density at radius 2 is 2.27 bits per heavy atom. The summed E-state index contributed by atoms with van der Waals surface area (Å²) in [5, 5.41) is 2.71. The van der Waals surface area contributed by atoms with Crippen molar-refractivity contribution in [3.63, 3.8) is 0 Å². The maximum absolute atomic E-state index is 11.3. The van der Waals surface area contributed by atoms with Crippen LogP contribution < -0.4 is 11.1 Å². The van der Waals surface area contributed by atoms with E-state index in [1.165, 1.54) is 0 Å². The zero-order chi connectivity index (χ0) is 11.5. The van der Waals surface area contributed by atoms with E-state index in [1.807, 2.05) is 0 Å². The molecule has 0 bridgehead atoms. The van der Waals surface area contributed by atoms with Gasteiger partial charge in [0.05, 0.1) is 11.5 Å². The Kier molecular flexibility index (Phi) is 4.10. The zero-order valence-corrected chi connectivity index (χ0v) is 9.72. The lowest BCUT2D eigenvalue weighted by molar-refractivity contribution is -0.121. The Balaban J connectivity index is 2.42. The summed E-state index contributed by atoms with van der Waals surface area (Å²) >= 11 is 0. The minimum atomic E-state index is -2.95. The van der Waals surface area contributed by atoms with Crippen molar-refractivity contribution >= 4 is 15.7 Å². The molecule has 88 valence electrons. The van der Waals surface area contributed by atoms with Gasteiger partial charge >= 0.3 is 0 Å². The molecule has 1 rings (SSSR count). The van der Waals surface area contributed by atoms with Crippen LogP contribution in [-0.4, -0.2) is 37.9 Å². The van der Waals surface area contributed by atoms with Crippen LogP contribution >= 0.6 is 0 Å². The maximum atomic E-state index is 11.3. The van der Waals surface area contributed by atoms with E-state index in [2.05, 4.69) is 5.32 Å². The van der Waals surface area contributed by atoms with Crippen molar-refractivity contribution in [2.45, 2.75) is 38.3 Å². The lowest BCUT2D eigenvalue weighted by atomic mass is 10.1. The first-order valence-electron chi connectivity index (χ1n) is 5.14. The summed E-state index contributed by atoms with van der Waals surface area (Å²) in [7, 11) is -2.95. The number of sulfone groups is 1. The van der Waals surface area contributed by atoms with E-state index in [4.69, 9.17) is 5.73 Å². The van der Waals surface area contributed by atoms with Gasteiger partial charge in [-0.05, 0) is 19.8 Å². The molecule has 0 aromatic heterocycles. The summed E-state index contributed by atoms with van der Waals surface area (Å²) < 4.78 is 22.6. The third kappa shape index (κ3) is 4.61. The van der Waals surface area contributed by atoms with Crippen LogP contribution in [0.4, 0.5) is 0 Å². The molecule has 0 saturated carbocycles. The SMILES string of the molecule is CC(N)CC(=O)NC1CCCS(=O)(=O)C1. The number of carbonyl (C=O) groups excluding carboxylic acids is 1. The maximum Gasteiger partial charge on any atom is 0.221 e. The van der Waals surface area contributed by atoms with Gasteiger partial charge in [-0.3, -0.25) is 4.79 Å². The third-order valence-corrected chi connectivity index (χ3v) is 4.16. The molecule has 1 aliphatic heterocycles. The minimum absolute atomic E-state index is 0.0672. The van der Waals surface area contributed by atoms with Crippen LogP contribution in [0.2, 0.25) is 0 Å². The predicted molar refractivity (Wildman–Crippen MR) is 58.1 cm³/mol. The number of amides is 1. The smallest absolute Gasteiger partial charge is 0.221 e. The molecular formula is C9H18N2O3S. The first-order chi connectivity index (χ1) is 6.89. The van der Waals surface area contributed by atoms with Gasteiger partial charge < -0.3 is 11.1 Å². The largest absolute Gasteiger partial charge is 0.352 e. The molecule has 1 fully saturated rings. The van der Waals surface area contributed by atoms with Gasteiger partial charge in [0.15, 0.2) is 9.84 Å². The first kappa shape index (κ1) is 12.4.